The lowest BCUT2D eigenvalue weighted by Crippen LogP contribution is -2.27. The van der Waals surface area contributed by atoms with Gasteiger partial charge >= 0.3 is 0 Å². The van der Waals surface area contributed by atoms with E-state index in [-0.39, 0.29) is 6.61 Å². The van der Waals surface area contributed by atoms with Crippen molar-refractivity contribution in [1.82, 2.24) is 0 Å². The second-order valence-corrected chi connectivity index (χ2v) is 2.06. The molecule has 0 radical (unpaired) electrons. The first-order chi connectivity index (χ1) is 4.18. The molecule has 54 valence electrons. The van der Waals surface area contributed by atoms with Gasteiger partial charge in [0.1, 0.15) is 5.38 Å². The molecule has 3 nitrogen and oxygen atoms in total. The van der Waals surface area contributed by atoms with Crippen LogP contribution in [-0.4, -0.2) is 24.5 Å². The van der Waals surface area contributed by atoms with Gasteiger partial charge in [-0.3, -0.25) is 4.79 Å². The molecule has 9 heavy (non-hydrogen) atoms. The highest BCUT2D eigenvalue weighted by atomic mass is 35.5. The van der Waals surface area contributed by atoms with E-state index in [1.165, 1.54) is 0 Å². The zero-order valence-corrected chi connectivity index (χ0v) is 6.02. The quantitative estimate of drug-likeness (QED) is 0.580. The van der Waals surface area contributed by atoms with Crippen molar-refractivity contribution in [1.29, 1.82) is 0 Å². The van der Waals surface area contributed by atoms with Crippen molar-refractivity contribution in [3.05, 3.63) is 0 Å². The van der Waals surface area contributed by atoms with E-state index in [0.29, 0.717) is 6.61 Å². The first-order valence-electron chi connectivity index (χ1n) is 2.69. The number of amides is 1. The number of carbonyl (C=O) groups is 1. The van der Waals surface area contributed by atoms with Crippen molar-refractivity contribution in [2.75, 3.05) is 13.2 Å². The Bertz CT molecular complexity index is 97.0. The van der Waals surface area contributed by atoms with Gasteiger partial charge in [0.05, 0.1) is 6.61 Å². The van der Waals surface area contributed by atoms with Crippen molar-refractivity contribution >= 4 is 17.5 Å². The Kier molecular flexibility index (Phi) is 4.44. The molecule has 0 aliphatic heterocycles. The number of hydrogen-bond acceptors (Lipinski definition) is 2. The summed E-state index contributed by atoms with van der Waals surface area (Å²) < 4.78 is 4.82. The first-order valence-corrected chi connectivity index (χ1v) is 3.13. The van der Waals surface area contributed by atoms with E-state index in [2.05, 4.69) is 0 Å². The molecular formula is C5H10ClNO2. The van der Waals surface area contributed by atoms with Crippen LogP contribution in [0.5, 0.6) is 0 Å². The number of carbonyl (C=O) groups excluding carboxylic acids is 1. The maximum Gasteiger partial charge on any atom is 0.237 e. The Morgan fingerprint density at radius 3 is 2.78 bits per heavy atom. The molecule has 0 aliphatic rings. The molecule has 0 aromatic carbocycles. The summed E-state index contributed by atoms with van der Waals surface area (Å²) in [6, 6.07) is 0. The van der Waals surface area contributed by atoms with Crippen molar-refractivity contribution in [2.45, 2.75) is 12.3 Å². The summed E-state index contributed by atoms with van der Waals surface area (Å²) in [7, 11) is 0. The predicted octanol–water partition coefficient (Wildman–Crippen LogP) is 0.116. The van der Waals surface area contributed by atoms with Gasteiger partial charge in [-0.1, -0.05) is 0 Å². The summed E-state index contributed by atoms with van der Waals surface area (Å²) in [5.74, 6) is -0.537. The number of halogens is 1. The molecule has 1 amide bonds. The lowest BCUT2D eigenvalue weighted by Gasteiger charge is -2.02. The largest absolute Gasteiger partial charge is 0.380 e. The monoisotopic (exact) mass is 151 g/mol. The van der Waals surface area contributed by atoms with Crippen LogP contribution >= 0.6 is 11.6 Å². The Morgan fingerprint density at radius 1 is 1.89 bits per heavy atom. The first kappa shape index (κ1) is 8.72. The molecule has 4 heteroatoms. The van der Waals surface area contributed by atoms with Crippen LogP contribution in [0, 0.1) is 0 Å². The highest BCUT2D eigenvalue weighted by molar-refractivity contribution is 6.30. The minimum Gasteiger partial charge on any atom is -0.380 e. The Balaban J connectivity index is 3.27. The van der Waals surface area contributed by atoms with Gasteiger partial charge in [-0.05, 0) is 6.92 Å². The molecule has 2 N–H and O–H groups in total. The zero-order valence-electron chi connectivity index (χ0n) is 5.26. The summed E-state index contributed by atoms with van der Waals surface area (Å²) >= 11 is 5.39. The van der Waals surface area contributed by atoms with Crippen LogP contribution in [0.2, 0.25) is 0 Å². The summed E-state index contributed by atoms with van der Waals surface area (Å²) in [6.07, 6.45) is 0. The van der Waals surface area contributed by atoms with E-state index in [4.69, 9.17) is 22.1 Å². The molecule has 0 saturated heterocycles. The summed E-state index contributed by atoms with van der Waals surface area (Å²) in [5.41, 5.74) is 4.83. The van der Waals surface area contributed by atoms with E-state index in [9.17, 15) is 4.79 Å². The van der Waals surface area contributed by atoms with Crippen molar-refractivity contribution in [2.24, 2.45) is 5.73 Å². The fourth-order valence-electron chi connectivity index (χ4n) is 0.303. The number of alkyl halides is 1. The van der Waals surface area contributed by atoms with E-state index in [0.717, 1.165) is 0 Å². The van der Waals surface area contributed by atoms with Gasteiger partial charge in [0.25, 0.3) is 0 Å². The summed E-state index contributed by atoms with van der Waals surface area (Å²) in [6.45, 7) is 2.58. The molecule has 0 aromatic heterocycles. The Hall–Kier alpha value is -0.280. The lowest BCUT2D eigenvalue weighted by molar-refractivity contribution is -0.118. The van der Waals surface area contributed by atoms with Crippen LogP contribution in [-0.2, 0) is 9.53 Å². The van der Waals surface area contributed by atoms with Crippen LogP contribution in [0.1, 0.15) is 6.92 Å². The number of hydrogen-bond donors (Lipinski definition) is 1. The van der Waals surface area contributed by atoms with Crippen molar-refractivity contribution in [3.63, 3.8) is 0 Å². The van der Waals surface area contributed by atoms with Crippen LogP contribution in [0.3, 0.4) is 0 Å². The minimum atomic E-state index is -0.690. The number of ether oxygens (including phenoxy) is 1. The average molecular weight is 152 g/mol. The van der Waals surface area contributed by atoms with Gasteiger partial charge < -0.3 is 10.5 Å². The fraction of sp³-hybridized carbons (Fsp3) is 0.800. The third-order valence-corrected chi connectivity index (χ3v) is 1.12. The molecule has 0 spiro atoms. The van der Waals surface area contributed by atoms with Crippen LogP contribution in [0.4, 0.5) is 0 Å². The SMILES string of the molecule is CCOCC(Cl)C(N)=O. The molecule has 0 rings (SSSR count). The average Bonchev–Trinajstić information content (AvgIpc) is 1.82. The standard InChI is InChI=1S/C5H10ClNO2/c1-2-9-3-4(6)5(7)8/h4H,2-3H2,1H3,(H2,7,8). The molecule has 1 unspecified atom stereocenters. The van der Waals surface area contributed by atoms with E-state index in [1.54, 1.807) is 0 Å². The van der Waals surface area contributed by atoms with Gasteiger partial charge in [0.15, 0.2) is 0 Å². The van der Waals surface area contributed by atoms with Crippen LogP contribution < -0.4 is 5.73 Å². The number of nitrogens with two attached hydrogens (primary N) is 1. The van der Waals surface area contributed by atoms with E-state index >= 15 is 0 Å². The maximum absolute atomic E-state index is 10.2. The van der Waals surface area contributed by atoms with Gasteiger partial charge in [-0.15, -0.1) is 11.6 Å². The highest BCUT2D eigenvalue weighted by Gasteiger charge is 2.09. The second-order valence-electron chi connectivity index (χ2n) is 1.53. The molecule has 1 atom stereocenters. The van der Waals surface area contributed by atoms with E-state index in [1.807, 2.05) is 6.92 Å². The molecule has 0 aliphatic carbocycles. The predicted molar refractivity (Wildman–Crippen MR) is 35.3 cm³/mol. The Morgan fingerprint density at radius 2 is 2.44 bits per heavy atom. The highest BCUT2D eigenvalue weighted by Crippen LogP contribution is 1.93. The third kappa shape index (κ3) is 4.24. The third-order valence-electron chi connectivity index (χ3n) is 0.777. The van der Waals surface area contributed by atoms with Crippen molar-refractivity contribution in [3.8, 4) is 0 Å². The van der Waals surface area contributed by atoms with Gasteiger partial charge in [-0.2, -0.15) is 0 Å². The smallest absolute Gasteiger partial charge is 0.237 e. The number of primary amides is 1. The summed E-state index contributed by atoms with van der Waals surface area (Å²) in [4.78, 5) is 10.2. The normalized spacial score (nSPS) is 13.1. The van der Waals surface area contributed by atoms with Gasteiger partial charge in [0.2, 0.25) is 5.91 Å². The molecule has 0 saturated carbocycles. The van der Waals surface area contributed by atoms with Gasteiger partial charge in [0, 0.05) is 6.61 Å². The number of rotatable bonds is 4. The van der Waals surface area contributed by atoms with E-state index < -0.39 is 11.3 Å². The molecule has 0 heterocycles. The molecule has 0 fully saturated rings. The van der Waals surface area contributed by atoms with Crippen LogP contribution in [0.15, 0.2) is 0 Å². The Labute approximate surface area is 59.1 Å². The fourth-order valence-corrected chi connectivity index (χ4v) is 0.393. The maximum atomic E-state index is 10.2. The molecular weight excluding hydrogens is 142 g/mol. The lowest BCUT2D eigenvalue weighted by atomic mass is 10.4. The summed E-state index contributed by atoms with van der Waals surface area (Å²) in [5, 5.41) is -0.690. The topological polar surface area (TPSA) is 52.3 Å². The van der Waals surface area contributed by atoms with Crippen molar-refractivity contribution < 1.29 is 9.53 Å². The second kappa shape index (κ2) is 4.58. The molecule has 0 bridgehead atoms. The zero-order chi connectivity index (χ0) is 7.28. The van der Waals surface area contributed by atoms with Crippen LogP contribution in [0.25, 0.3) is 0 Å². The molecule has 0 aromatic rings. The van der Waals surface area contributed by atoms with Gasteiger partial charge in [-0.25, -0.2) is 0 Å². The minimum absolute atomic E-state index is 0.202.